The molecule has 1 aliphatic rings. The van der Waals surface area contributed by atoms with E-state index in [4.69, 9.17) is 0 Å². The number of para-hydroxylation sites is 1. The number of hydrogen-bond acceptors (Lipinski definition) is 4. The van der Waals surface area contributed by atoms with Crippen molar-refractivity contribution in [2.75, 3.05) is 19.6 Å². The Morgan fingerprint density at radius 2 is 2.10 bits per heavy atom. The quantitative estimate of drug-likeness (QED) is 0.874. The van der Waals surface area contributed by atoms with Crippen molar-refractivity contribution >= 4 is 10.9 Å². The summed E-state index contributed by atoms with van der Waals surface area (Å²) in [4.78, 5) is 21.8. The van der Waals surface area contributed by atoms with Crippen LogP contribution >= 0.6 is 0 Å². The summed E-state index contributed by atoms with van der Waals surface area (Å²) in [6.07, 6.45) is 2.62. The molecule has 1 fully saturated rings. The molecule has 1 aromatic carbocycles. The van der Waals surface area contributed by atoms with Crippen molar-refractivity contribution < 1.29 is 0 Å². The van der Waals surface area contributed by atoms with Gasteiger partial charge >= 0.3 is 0 Å². The summed E-state index contributed by atoms with van der Waals surface area (Å²) >= 11 is 0. The minimum Gasteiger partial charge on any atom is -0.309 e. The SMILES string of the molecule is CC(CNCc1nc2ccccc2c(=O)[nH]1)N1CCCC1. The summed E-state index contributed by atoms with van der Waals surface area (Å²) in [5.74, 6) is 0.701. The van der Waals surface area contributed by atoms with E-state index in [-0.39, 0.29) is 5.56 Å². The van der Waals surface area contributed by atoms with Crippen LogP contribution in [0, 0.1) is 0 Å². The van der Waals surface area contributed by atoms with Crippen LogP contribution in [0.2, 0.25) is 0 Å². The fourth-order valence-electron chi connectivity index (χ4n) is 2.93. The molecule has 0 radical (unpaired) electrons. The summed E-state index contributed by atoms with van der Waals surface area (Å²) in [7, 11) is 0. The zero-order valence-electron chi connectivity index (χ0n) is 12.4. The molecule has 2 heterocycles. The molecule has 5 nitrogen and oxygen atoms in total. The van der Waals surface area contributed by atoms with Crippen molar-refractivity contribution in [1.82, 2.24) is 20.2 Å². The van der Waals surface area contributed by atoms with E-state index in [2.05, 4.69) is 27.1 Å². The Hall–Kier alpha value is -1.72. The number of rotatable bonds is 5. The Morgan fingerprint density at radius 3 is 2.90 bits per heavy atom. The van der Waals surface area contributed by atoms with Gasteiger partial charge in [0, 0.05) is 12.6 Å². The van der Waals surface area contributed by atoms with Crippen LogP contribution in [0.4, 0.5) is 0 Å². The van der Waals surface area contributed by atoms with E-state index in [1.807, 2.05) is 18.2 Å². The normalized spacial score (nSPS) is 17.4. The number of fused-ring (bicyclic) bond motifs is 1. The van der Waals surface area contributed by atoms with Gasteiger partial charge in [-0.05, 0) is 45.0 Å². The molecule has 2 N–H and O–H groups in total. The Labute approximate surface area is 124 Å². The van der Waals surface area contributed by atoms with Gasteiger partial charge < -0.3 is 10.3 Å². The molecule has 1 atom stereocenters. The third-order valence-corrected chi connectivity index (χ3v) is 4.16. The Balaban J connectivity index is 1.61. The van der Waals surface area contributed by atoms with E-state index in [1.54, 1.807) is 6.07 Å². The van der Waals surface area contributed by atoms with E-state index >= 15 is 0 Å². The molecule has 3 rings (SSSR count). The predicted octanol–water partition coefficient (Wildman–Crippen LogP) is 1.50. The van der Waals surface area contributed by atoms with Gasteiger partial charge in [-0.3, -0.25) is 9.69 Å². The molecule has 0 bridgehead atoms. The first-order chi connectivity index (χ1) is 10.2. The lowest BCUT2D eigenvalue weighted by atomic mass is 10.2. The molecule has 1 unspecified atom stereocenters. The highest BCUT2D eigenvalue weighted by molar-refractivity contribution is 5.77. The standard InChI is InChI=1S/C16H22N4O/c1-12(20-8-4-5-9-20)10-17-11-15-18-14-7-3-2-6-13(14)16(21)19-15/h2-3,6-7,12,17H,4-5,8-11H2,1H3,(H,18,19,21). The second-order valence-electron chi connectivity index (χ2n) is 5.75. The maximum Gasteiger partial charge on any atom is 0.258 e. The smallest absolute Gasteiger partial charge is 0.258 e. The molecule has 0 aliphatic carbocycles. The molecule has 21 heavy (non-hydrogen) atoms. The van der Waals surface area contributed by atoms with Crippen molar-refractivity contribution in [3.8, 4) is 0 Å². The van der Waals surface area contributed by atoms with Gasteiger partial charge in [0.15, 0.2) is 0 Å². The summed E-state index contributed by atoms with van der Waals surface area (Å²) < 4.78 is 0. The number of benzene rings is 1. The van der Waals surface area contributed by atoms with E-state index in [0.29, 0.717) is 23.8 Å². The van der Waals surface area contributed by atoms with Crippen LogP contribution in [-0.4, -0.2) is 40.5 Å². The summed E-state index contributed by atoms with van der Waals surface area (Å²) in [5.41, 5.74) is 0.690. The number of aromatic amines is 1. The maximum absolute atomic E-state index is 12.0. The molecule has 112 valence electrons. The molecule has 1 saturated heterocycles. The highest BCUT2D eigenvalue weighted by atomic mass is 16.1. The number of likely N-dealkylation sites (tertiary alicyclic amines) is 1. The van der Waals surface area contributed by atoms with Crippen molar-refractivity contribution in [1.29, 1.82) is 0 Å². The number of nitrogens with zero attached hydrogens (tertiary/aromatic N) is 2. The molecular formula is C16H22N4O. The van der Waals surface area contributed by atoms with Gasteiger partial charge in [-0.2, -0.15) is 0 Å². The topological polar surface area (TPSA) is 61.0 Å². The largest absolute Gasteiger partial charge is 0.309 e. The monoisotopic (exact) mass is 286 g/mol. The van der Waals surface area contributed by atoms with Gasteiger partial charge in [-0.25, -0.2) is 4.98 Å². The van der Waals surface area contributed by atoms with E-state index in [1.165, 1.54) is 25.9 Å². The summed E-state index contributed by atoms with van der Waals surface area (Å²) in [6, 6.07) is 7.96. The lowest BCUT2D eigenvalue weighted by Crippen LogP contribution is -2.38. The molecule has 5 heteroatoms. The summed E-state index contributed by atoms with van der Waals surface area (Å²) in [5, 5.41) is 4.04. The van der Waals surface area contributed by atoms with Crippen molar-refractivity contribution in [3.63, 3.8) is 0 Å². The van der Waals surface area contributed by atoms with Gasteiger partial charge in [-0.15, -0.1) is 0 Å². The zero-order valence-corrected chi connectivity index (χ0v) is 12.4. The van der Waals surface area contributed by atoms with Crippen molar-refractivity contribution in [2.24, 2.45) is 0 Å². The number of hydrogen-bond donors (Lipinski definition) is 2. The van der Waals surface area contributed by atoms with Crippen LogP contribution in [0.1, 0.15) is 25.6 Å². The molecule has 0 saturated carbocycles. The number of H-pyrrole nitrogens is 1. The van der Waals surface area contributed by atoms with E-state index < -0.39 is 0 Å². The van der Waals surface area contributed by atoms with Crippen LogP contribution < -0.4 is 10.9 Å². The first-order valence-corrected chi connectivity index (χ1v) is 7.67. The number of nitrogens with one attached hydrogen (secondary N) is 2. The molecule has 1 aromatic heterocycles. The van der Waals surface area contributed by atoms with E-state index in [9.17, 15) is 4.79 Å². The first-order valence-electron chi connectivity index (χ1n) is 7.67. The Morgan fingerprint density at radius 1 is 1.33 bits per heavy atom. The van der Waals surface area contributed by atoms with Gasteiger partial charge in [0.1, 0.15) is 5.82 Å². The van der Waals surface area contributed by atoms with Crippen molar-refractivity contribution in [3.05, 3.63) is 40.4 Å². The van der Waals surface area contributed by atoms with Crippen LogP contribution in [0.3, 0.4) is 0 Å². The zero-order chi connectivity index (χ0) is 14.7. The lowest BCUT2D eigenvalue weighted by Gasteiger charge is -2.23. The average Bonchev–Trinajstić information content (AvgIpc) is 3.01. The highest BCUT2D eigenvalue weighted by Crippen LogP contribution is 2.11. The molecule has 0 spiro atoms. The minimum absolute atomic E-state index is 0.0648. The molecule has 2 aromatic rings. The minimum atomic E-state index is -0.0648. The molecule has 0 amide bonds. The average molecular weight is 286 g/mol. The second kappa shape index (κ2) is 6.37. The van der Waals surface area contributed by atoms with Gasteiger partial charge in [0.2, 0.25) is 0 Å². The van der Waals surface area contributed by atoms with Gasteiger partial charge in [0.25, 0.3) is 5.56 Å². The van der Waals surface area contributed by atoms with Crippen LogP contribution in [-0.2, 0) is 6.54 Å². The molecular weight excluding hydrogens is 264 g/mol. The van der Waals surface area contributed by atoms with E-state index in [0.717, 1.165) is 12.1 Å². The predicted molar refractivity (Wildman–Crippen MR) is 84.3 cm³/mol. The highest BCUT2D eigenvalue weighted by Gasteiger charge is 2.17. The lowest BCUT2D eigenvalue weighted by molar-refractivity contribution is 0.251. The summed E-state index contributed by atoms with van der Waals surface area (Å²) in [6.45, 7) is 6.16. The van der Waals surface area contributed by atoms with Gasteiger partial charge in [-0.1, -0.05) is 12.1 Å². The first kappa shape index (κ1) is 14.2. The third kappa shape index (κ3) is 3.31. The maximum atomic E-state index is 12.0. The fraction of sp³-hybridized carbons (Fsp3) is 0.500. The van der Waals surface area contributed by atoms with Crippen LogP contribution in [0.25, 0.3) is 10.9 Å². The fourth-order valence-corrected chi connectivity index (χ4v) is 2.93. The second-order valence-corrected chi connectivity index (χ2v) is 5.75. The Kier molecular flexibility index (Phi) is 4.31. The van der Waals surface area contributed by atoms with Crippen molar-refractivity contribution in [2.45, 2.75) is 32.4 Å². The van der Waals surface area contributed by atoms with Gasteiger partial charge in [0.05, 0.1) is 17.4 Å². The molecule has 1 aliphatic heterocycles. The number of aromatic nitrogens is 2. The van der Waals surface area contributed by atoms with Crippen LogP contribution in [0.15, 0.2) is 29.1 Å². The third-order valence-electron chi connectivity index (χ3n) is 4.16. The Bertz CT molecular complexity index is 661. The van der Waals surface area contributed by atoms with Crippen LogP contribution in [0.5, 0.6) is 0 Å².